The zero-order chi connectivity index (χ0) is 30.8. The van der Waals surface area contributed by atoms with Crippen molar-refractivity contribution in [3.05, 3.63) is 162 Å². The molecule has 0 aliphatic carbocycles. The molecule has 5 nitrogen and oxygen atoms in total. The van der Waals surface area contributed by atoms with Gasteiger partial charge < -0.3 is 13.9 Å². The van der Waals surface area contributed by atoms with Gasteiger partial charge in [0.2, 0.25) is 0 Å². The van der Waals surface area contributed by atoms with Gasteiger partial charge in [-0.25, -0.2) is 4.98 Å². The molecule has 1 aliphatic rings. The predicted octanol–water partition coefficient (Wildman–Crippen LogP) is 8.15. The molecule has 0 fully saturated rings. The first-order valence-electron chi connectivity index (χ1n) is 15.6. The minimum atomic E-state index is -0.343. The first kappa shape index (κ1) is 29.6. The monoisotopic (exact) mass is 789 g/mol. The smallest absolute Gasteiger partial charge is 0.268 e. The predicted molar refractivity (Wildman–Crippen MR) is 181 cm³/mol. The van der Waals surface area contributed by atoms with Gasteiger partial charge in [0.15, 0.2) is 0 Å². The average molecular weight is 790 g/mol. The fraction of sp³-hybridized carbons (Fsp3) is 0.122. The van der Waals surface area contributed by atoms with Gasteiger partial charge in [0, 0.05) is 38.3 Å². The van der Waals surface area contributed by atoms with Crippen LogP contribution in [0.25, 0.3) is 50.0 Å². The Balaban J connectivity index is 0.00000324. The van der Waals surface area contributed by atoms with Crippen molar-refractivity contribution in [2.45, 2.75) is 32.5 Å². The van der Waals surface area contributed by atoms with Crippen LogP contribution < -0.4 is 4.57 Å². The van der Waals surface area contributed by atoms with Crippen LogP contribution in [-0.2, 0) is 44.4 Å². The zero-order valence-corrected chi connectivity index (χ0v) is 28.2. The molecule has 0 radical (unpaired) electrons. The molecule has 1 aliphatic heterocycles. The molecule has 0 atom stereocenters. The maximum Gasteiger partial charge on any atom is 0.268 e. The summed E-state index contributed by atoms with van der Waals surface area (Å²) < 4.78 is 12.5. The molecule has 0 amide bonds. The number of rotatable bonds is 5. The molecule has 0 bridgehead atoms. The SMILES string of the molecule is CC1(C)OCc2cnc(-n3c4[c-]c(Cc5[c-]c(-n6[c-][n+](-c7ccccc7)c7ccccc76)ccc5)ccc4c4ccccc43)cc21.[Pt]. The average Bonchev–Trinajstić information content (AvgIpc) is 3.74. The second-order valence-electron chi connectivity index (χ2n) is 12.4. The quantitative estimate of drug-likeness (QED) is 0.131. The summed E-state index contributed by atoms with van der Waals surface area (Å²) in [6, 6.07) is 47.7. The van der Waals surface area contributed by atoms with Crippen LogP contribution in [0.4, 0.5) is 0 Å². The van der Waals surface area contributed by atoms with Gasteiger partial charge in [0.1, 0.15) is 5.82 Å². The molecule has 0 unspecified atom stereocenters. The number of para-hydroxylation sites is 4. The zero-order valence-electron chi connectivity index (χ0n) is 26.0. The van der Waals surface area contributed by atoms with Crippen molar-refractivity contribution in [3.63, 3.8) is 0 Å². The van der Waals surface area contributed by atoms with Gasteiger partial charge in [-0.2, -0.15) is 53.6 Å². The van der Waals surface area contributed by atoms with Crippen molar-refractivity contribution in [2.75, 3.05) is 0 Å². The third-order valence-corrected chi connectivity index (χ3v) is 9.12. The summed E-state index contributed by atoms with van der Waals surface area (Å²) in [7, 11) is 0. The van der Waals surface area contributed by atoms with Crippen molar-refractivity contribution < 1.29 is 30.4 Å². The third-order valence-electron chi connectivity index (χ3n) is 9.12. The van der Waals surface area contributed by atoms with E-state index in [9.17, 15) is 0 Å². The molecule has 0 N–H and O–H groups in total. The van der Waals surface area contributed by atoms with Crippen LogP contribution in [0.5, 0.6) is 0 Å². The number of benzene rings is 5. The van der Waals surface area contributed by atoms with E-state index >= 15 is 0 Å². The number of fused-ring (bicyclic) bond motifs is 5. The van der Waals surface area contributed by atoms with Gasteiger partial charge in [-0.3, -0.25) is 4.57 Å². The van der Waals surface area contributed by atoms with Crippen molar-refractivity contribution in [1.29, 1.82) is 0 Å². The number of imidazole rings is 1. The Bertz CT molecular complexity index is 2440. The van der Waals surface area contributed by atoms with Crippen LogP contribution in [-0.4, -0.2) is 14.1 Å². The molecular weight excluding hydrogens is 760 g/mol. The summed E-state index contributed by atoms with van der Waals surface area (Å²) in [6.45, 7) is 4.84. The van der Waals surface area contributed by atoms with Crippen LogP contribution in [0, 0.1) is 18.5 Å². The van der Waals surface area contributed by atoms with E-state index in [1.54, 1.807) is 0 Å². The molecule has 9 rings (SSSR count). The summed E-state index contributed by atoms with van der Waals surface area (Å²) in [5.41, 5.74) is 10.5. The van der Waals surface area contributed by atoms with Gasteiger partial charge in [-0.1, -0.05) is 66.2 Å². The Morgan fingerprint density at radius 3 is 2.43 bits per heavy atom. The van der Waals surface area contributed by atoms with E-state index < -0.39 is 0 Å². The normalized spacial score (nSPS) is 13.7. The van der Waals surface area contributed by atoms with Crippen LogP contribution in [0.3, 0.4) is 0 Å². The van der Waals surface area contributed by atoms with Crippen LogP contribution in [0.15, 0.2) is 121 Å². The Kier molecular flexibility index (Phi) is 7.20. The van der Waals surface area contributed by atoms with E-state index in [2.05, 4.69) is 155 Å². The molecule has 4 heterocycles. The Morgan fingerprint density at radius 1 is 0.787 bits per heavy atom. The summed E-state index contributed by atoms with van der Waals surface area (Å²) in [5, 5.41) is 2.35. The van der Waals surface area contributed by atoms with E-state index in [4.69, 9.17) is 9.72 Å². The summed E-state index contributed by atoms with van der Waals surface area (Å²) in [6.07, 6.45) is 6.24. The molecule has 3 aromatic heterocycles. The molecular formula is C41H30N4OPt-2. The number of hydrogen-bond acceptors (Lipinski definition) is 2. The molecule has 0 saturated carbocycles. The molecule has 8 aromatic rings. The first-order valence-corrected chi connectivity index (χ1v) is 15.6. The topological polar surface area (TPSA) is 35.9 Å². The molecule has 0 saturated heterocycles. The van der Waals surface area contributed by atoms with Gasteiger partial charge in [0.05, 0.1) is 28.9 Å². The van der Waals surface area contributed by atoms with Gasteiger partial charge in [0.25, 0.3) is 6.33 Å². The summed E-state index contributed by atoms with van der Waals surface area (Å²) >= 11 is 0. The molecule has 5 aromatic carbocycles. The number of pyridine rings is 1. The second kappa shape index (κ2) is 11.4. The summed E-state index contributed by atoms with van der Waals surface area (Å²) in [5.74, 6) is 0.882. The molecule has 47 heavy (non-hydrogen) atoms. The van der Waals surface area contributed by atoms with Gasteiger partial charge in [-0.05, 0) is 61.2 Å². The molecule has 6 heteroatoms. The Morgan fingerprint density at radius 2 is 1.55 bits per heavy atom. The van der Waals surface area contributed by atoms with E-state index in [0.29, 0.717) is 13.0 Å². The first-order chi connectivity index (χ1) is 22.5. The number of nitrogens with zero attached hydrogens (tertiary/aromatic N) is 4. The Hall–Kier alpha value is -4.83. The van der Waals surface area contributed by atoms with Gasteiger partial charge in [-0.15, -0.1) is 5.39 Å². The third kappa shape index (κ3) is 4.93. The maximum atomic E-state index is 6.07. The standard InChI is InChI=1S/C41H30N4O.Pt/c1-41(2)35-24-40(42-25-30(35)26-46-41)45-36-16-7-6-15-33(36)34-20-19-29(23-39(34)45)21-28-11-10-14-32(22-28)44-27-43(31-12-4-3-5-13-31)37-17-8-9-18-38(37)44;/h3-20,24-25H,21,26H2,1-2H3;/q-2;. The van der Waals surface area contributed by atoms with E-state index in [1.165, 1.54) is 10.9 Å². The largest absolute Gasteiger partial charge is 0.366 e. The van der Waals surface area contributed by atoms with Crippen molar-refractivity contribution >= 4 is 32.8 Å². The number of hydrogen-bond donors (Lipinski definition) is 0. The fourth-order valence-corrected chi connectivity index (χ4v) is 6.83. The fourth-order valence-electron chi connectivity index (χ4n) is 6.83. The summed E-state index contributed by atoms with van der Waals surface area (Å²) in [4.78, 5) is 4.91. The van der Waals surface area contributed by atoms with Gasteiger partial charge >= 0.3 is 0 Å². The van der Waals surface area contributed by atoms with E-state index in [1.807, 2.05) is 12.3 Å². The number of ether oxygens (including phenoxy) is 1. The van der Waals surface area contributed by atoms with Crippen LogP contribution in [0.1, 0.15) is 36.1 Å². The van der Waals surface area contributed by atoms with Crippen molar-refractivity contribution in [1.82, 2.24) is 14.1 Å². The van der Waals surface area contributed by atoms with E-state index in [-0.39, 0.29) is 26.7 Å². The second-order valence-corrected chi connectivity index (χ2v) is 12.4. The number of aromatic nitrogens is 4. The van der Waals surface area contributed by atoms with Crippen LogP contribution in [0.2, 0.25) is 0 Å². The Labute approximate surface area is 288 Å². The molecule has 0 spiro atoms. The minimum absolute atomic E-state index is 0. The maximum absolute atomic E-state index is 6.07. The van der Waals surface area contributed by atoms with E-state index in [0.717, 1.165) is 61.3 Å². The molecule has 232 valence electrons. The van der Waals surface area contributed by atoms with Crippen LogP contribution >= 0.6 is 0 Å². The van der Waals surface area contributed by atoms with Crippen molar-refractivity contribution in [3.8, 4) is 17.2 Å². The minimum Gasteiger partial charge on any atom is -0.366 e. The van der Waals surface area contributed by atoms with Crippen molar-refractivity contribution in [2.24, 2.45) is 0 Å².